The summed E-state index contributed by atoms with van der Waals surface area (Å²) in [4.78, 5) is 17.4. The monoisotopic (exact) mass is 408 g/mol. The Morgan fingerprint density at radius 1 is 1.17 bits per heavy atom. The van der Waals surface area contributed by atoms with E-state index in [4.69, 9.17) is 4.74 Å². The molecule has 0 aliphatic rings. The normalized spacial score (nSPS) is 12.1. The summed E-state index contributed by atoms with van der Waals surface area (Å²) in [6, 6.07) is 8.65. The number of hydrazone groups is 1. The summed E-state index contributed by atoms with van der Waals surface area (Å²) >= 11 is 0. The Labute approximate surface area is 167 Å². The van der Waals surface area contributed by atoms with Crippen LogP contribution >= 0.6 is 0 Å². The van der Waals surface area contributed by atoms with Gasteiger partial charge in [-0.2, -0.15) is 18.3 Å². The van der Waals surface area contributed by atoms with Gasteiger partial charge in [0.15, 0.2) is 0 Å². The van der Waals surface area contributed by atoms with E-state index in [2.05, 4.69) is 15.5 Å². The van der Waals surface area contributed by atoms with Crippen LogP contribution in [0.25, 0.3) is 11.3 Å². The zero-order valence-corrected chi connectivity index (χ0v) is 16.8. The van der Waals surface area contributed by atoms with Gasteiger partial charge in [0.25, 0.3) is 0 Å². The topological polar surface area (TPSA) is 66.8 Å². The third-order valence-electron chi connectivity index (χ3n) is 3.55. The molecule has 0 atom stereocenters. The predicted octanol–water partition coefficient (Wildman–Crippen LogP) is 4.69. The largest absolute Gasteiger partial charge is 0.443 e. The lowest BCUT2D eigenvalue weighted by molar-refractivity contribution is -0.137. The number of amides is 1. The molecular formula is C20H23F3N4O2. The summed E-state index contributed by atoms with van der Waals surface area (Å²) < 4.78 is 44.8. The van der Waals surface area contributed by atoms with Crippen molar-refractivity contribution in [2.45, 2.75) is 32.5 Å². The number of nitrogens with zero attached hydrogens (tertiary/aromatic N) is 3. The van der Waals surface area contributed by atoms with Gasteiger partial charge in [-0.25, -0.2) is 15.2 Å². The van der Waals surface area contributed by atoms with E-state index in [9.17, 15) is 18.0 Å². The standard InChI is InChI=1S/C20H23F3N4O2/c1-19(2,3)29-18(28)26-24-12-13-7-6-8-14(9-13)16-10-15(20(21,22)23)11-17(25-16)27(4)5/h6-12H,1-5H3,(H,26,28). The minimum absolute atomic E-state index is 0.180. The number of aromatic nitrogens is 1. The lowest BCUT2D eigenvalue weighted by atomic mass is 10.1. The molecule has 0 aliphatic heterocycles. The molecule has 1 heterocycles. The smallest absolute Gasteiger partial charge is 0.428 e. The number of hydrogen-bond acceptors (Lipinski definition) is 5. The number of pyridine rings is 1. The first kappa shape index (κ1) is 22.2. The van der Waals surface area contributed by atoms with Crippen molar-refractivity contribution in [1.29, 1.82) is 0 Å². The van der Waals surface area contributed by atoms with Gasteiger partial charge in [0.1, 0.15) is 11.4 Å². The van der Waals surface area contributed by atoms with Crippen molar-refractivity contribution >= 4 is 18.1 Å². The fourth-order valence-corrected chi connectivity index (χ4v) is 2.30. The Kier molecular flexibility index (Phi) is 6.51. The van der Waals surface area contributed by atoms with E-state index in [0.717, 1.165) is 12.1 Å². The van der Waals surface area contributed by atoms with Gasteiger partial charge < -0.3 is 9.64 Å². The predicted molar refractivity (Wildman–Crippen MR) is 106 cm³/mol. The number of nitrogens with one attached hydrogen (secondary N) is 1. The lowest BCUT2D eigenvalue weighted by Crippen LogP contribution is -2.29. The van der Waals surface area contributed by atoms with Crippen LogP contribution in [0, 0.1) is 0 Å². The number of benzene rings is 1. The van der Waals surface area contributed by atoms with Crippen molar-refractivity contribution in [2.24, 2.45) is 5.10 Å². The van der Waals surface area contributed by atoms with E-state index in [-0.39, 0.29) is 11.5 Å². The van der Waals surface area contributed by atoms with Gasteiger partial charge in [0.2, 0.25) is 0 Å². The van der Waals surface area contributed by atoms with Crippen molar-refractivity contribution in [2.75, 3.05) is 19.0 Å². The molecule has 0 fully saturated rings. The third kappa shape index (κ3) is 6.78. The Hall–Kier alpha value is -3.10. The Balaban J connectivity index is 2.28. The van der Waals surface area contributed by atoms with Crippen LogP contribution in [-0.2, 0) is 10.9 Å². The quantitative estimate of drug-likeness (QED) is 0.589. The van der Waals surface area contributed by atoms with Crippen LogP contribution in [0.5, 0.6) is 0 Å². The fraction of sp³-hybridized carbons (Fsp3) is 0.350. The van der Waals surface area contributed by atoms with Crippen LogP contribution in [0.4, 0.5) is 23.8 Å². The second kappa shape index (κ2) is 8.50. The van der Waals surface area contributed by atoms with Crippen LogP contribution in [0.3, 0.4) is 0 Å². The molecule has 0 unspecified atom stereocenters. The second-order valence-corrected chi connectivity index (χ2v) is 7.49. The maximum absolute atomic E-state index is 13.2. The van der Waals surface area contributed by atoms with Crippen molar-refractivity contribution in [1.82, 2.24) is 10.4 Å². The van der Waals surface area contributed by atoms with Gasteiger partial charge >= 0.3 is 12.3 Å². The van der Waals surface area contributed by atoms with E-state index in [1.807, 2.05) is 0 Å². The highest BCUT2D eigenvalue weighted by Crippen LogP contribution is 2.33. The molecule has 2 rings (SSSR count). The number of hydrogen-bond donors (Lipinski definition) is 1. The summed E-state index contributed by atoms with van der Waals surface area (Å²) in [7, 11) is 3.25. The van der Waals surface area contributed by atoms with E-state index in [1.54, 1.807) is 59.1 Å². The molecule has 0 spiro atoms. The number of halogens is 3. The Morgan fingerprint density at radius 3 is 2.45 bits per heavy atom. The minimum atomic E-state index is -4.49. The van der Waals surface area contributed by atoms with E-state index >= 15 is 0 Å². The molecule has 0 aliphatic carbocycles. The summed E-state index contributed by atoms with van der Waals surface area (Å²) in [6.07, 6.45) is -3.83. The second-order valence-electron chi connectivity index (χ2n) is 7.49. The number of alkyl halides is 3. The molecule has 2 aromatic rings. The maximum atomic E-state index is 13.2. The van der Waals surface area contributed by atoms with Crippen LogP contribution < -0.4 is 10.3 Å². The molecule has 29 heavy (non-hydrogen) atoms. The molecule has 0 saturated heterocycles. The number of carbonyl (C=O) groups is 1. The third-order valence-corrected chi connectivity index (χ3v) is 3.55. The van der Waals surface area contributed by atoms with Crippen molar-refractivity contribution in [3.8, 4) is 11.3 Å². The number of ether oxygens (including phenoxy) is 1. The average molecular weight is 408 g/mol. The highest BCUT2D eigenvalue weighted by molar-refractivity contribution is 5.83. The Morgan fingerprint density at radius 2 is 1.86 bits per heavy atom. The van der Waals surface area contributed by atoms with Crippen LogP contribution in [0.15, 0.2) is 41.5 Å². The van der Waals surface area contributed by atoms with Gasteiger partial charge in [-0.1, -0.05) is 18.2 Å². The number of rotatable bonds is 4. The molecule has 0 radical (unpaired) electrons. The molecule has 0 saturated carbocycles. The zero-order valence-electron chi connectivity index (χ0n) is 16.8. The summed E-state index contributed by atoms with van der Waals surface area (Å²) in [5.74, 6) is 0.195. The first-order chi connectivity index (χ1) is 13.3. The van der Waals surface area contributed by atoms with E-state index in [0.29, 0.717) is 11.1 Å². The average Bonchev–Trinajstić information content (AvgIpc) is 2.59. The highest BCUT2D eigenvalue weighted by atomic mass is 19.4. The minimum Gasteiger partial charge on any atom is -0.443 e. The van der Waals surface area contributed by atoms with Crippen LogP contribution in [0.1, 0.15) is 31.9 Å². The van der Waals surface area contributed by atoms with Gasteiger partial charge in [0, 0.05) is 19.7 Å². The van der Waals surface area contributed by atoms with Crippen molar-refractivity contribution in [3.63, 3.8) is 0 Å². The fourth-order valence-electron chi connectivity index (χ4n) is 2.30. The molecular weight excluding hydrogens is 385 g/mol. The SMILES string of the molecule is CN(C)c1cc(C(F)(F)F)cc(-c2cccc(C=NNC(=O)OC(C)(C)C)c2)n1. The number of anilines is 1. The van der Waals surface area contributed by atoms with Gasteiger partial charge in [-0.3, -0.25) is 0 Å². The molecule has 1 N–H and O–H groups in total. The summed E-state index contributed by atoms with van der Waals surface area (Å²) in [5, 5.41) is 3.80. The summed E-state index contributed by atoms with van der Waals surface area (Å²) in [6.45, 7) is 5.18. The zero-order chi connectivity index (χ0) is 21.8. The lowest BCUT2D eigenvalue weighted by Gasteiger charge is -2.18. The van der Waals surface area contributed by atoms with Crippen LogP contribution in [-0.4, -0.2) is 37.0 Å². The van der Waals surface area contributed by atoms with Crippen molar-refractivity contribution in [3.05, 3.63) is 47.5 Å². The molecule has 1 amide bonds. The molecule has 6 nitrogen and oxygen atoms in total. The molecule has 9 heteroatoms. The van der Waals surface area contributed by atoms with Crippen LogP contribution in [0.2, 0.25) is 0 Å². The maximum Gasteiger partial charge on any atom is 0.428 e. The summed E-state index contributed by atoms with van der Waals surface area (Å²) in [5.41, 5.74) is 2.04. The first-order valence-corrected chi connectivity index (χ1v) is 8.74. The molecule has 0 bridgehead atoms. The van der Waals surface area contributed by atoms with Gasteiger partial charge in [-0.15, -0.1) is 0 Å². The Bertz CT molecular complexity index is 903. The van der Waals surface area contributed by atoms with E-state index < -0.39 is 23.4 Å². The molecule has 1 aromatic heterocycles. The first-order valence-electron chi connectivity index (χ1n) is 8.74. The van der Waals surface area contributed by atoms with Crippen molar-refractivity contribution < 1.29 is 22.7 Å². The van der Waals surface area contributed by atoms with E-state index in [1.165, 1.54) is 11.1 Å². The number of carbonyl (C=O) groups excluding carboxylic acids is 1. The highest BCUT2D eigenvalue weighted by Gasteiger charge is 2.32. The molecule has 1 aromatic carbocycles. The van der Waals surface area contributed by atoms with Gasteiger partial charge in [-0.05, 0) is 44.5 Å². The van der Waals surface area contributed by atoms with Gasteiger partial charge in [0.05, 0.1) is 17.5 Å². The molecule has 156 valence electrons.